The fourth-order valence-electron chi connectivity index (χ4n) is 4.88. The van der Waals surface area contributed by atoms with Gasteiger partial charge in [-0.15, -0.1) is 0 Å². The van der Waals surface area contributed by atoms with Crippen LogP contribution in [0.1, 0.15) is 52.9 Å². The first-order valence-electron chi connectivity index (χ1n) is 15.3. The SMILES string of the molecule is CSCC[C@H](NC(=O)CNC(=O)CNC(=O)[C@H](C)NC(=O)[C@H](C)NC(=O)[C@H](C)NC(=O)[C@@H]1CCCN1C(=O)[C@@H]1CCCN1)C(=O)O. The number of carboxylic acid groups (broad SMARTS) is 1. The van der Waals surface area contributed by atoms with Crippen molar-refractivity contribution in [3.05, 3.63) is 0 Å². The summed E-state index contributed by atoms with van der Waals surface area (Å²) in [4.78, 5) is 100. The molecule has 46 heavy (non-hydrogen) atoms. The fraction of sp³-hybridized carbons (Fsp3) is 0.714. The Morgan fingerprint density at radius 1 is 0.804 bits per heavy atom. The zero-order valence-electron chi connectivity index (χ0n) is 26.6. The molecule has 0 aromatic heterocycles. The third-order valence-electron chi connectivity index (χ3n) is 7.57. The van der Waals surface area contributed by atoms with Crippen LogP contribution in [0.25, 0.3) is 0 Å². The van der Waals surface area contributed by atoms with E-state index in [0.29, 0.717) is 25.1 Å². The van der Waals surface area contributed by atoms with Gasteiger partial charge in [-0.05, 0) is 71.4 Å². The summed E-state index contributed by atoms with van der Waals surface area (Å²) in [6, 6.07) is -5.24. The quantitative estimate of drug-likeness (QED) is 0.0766. The van der Waals surface area contributed by atoms with Crippen LogP contribution in [-0.4, -0.2) is 132 Å². The molecule has 2 saturated heterocycles. The van der Waals surface area contributed by atoms with E-state index in [-0.39, 0.29) is 18.4 Å². The lowest BCUT2D eigenvalue weighted by Crippen LogP contribution is -2.57. The van der Waals surface area contributed by atoms with Crippen LogP contribution in [0.2, 0.25) is 0 Å². The topological polar surface area (TPSA) is 244 Å². The number of carbonyl (C=O) groups is 8. The minimum atomic E-state index is -1.19. The van der Waals surface area contributed by atoms with Gasteiger partial charge in [-0.2, -0.15) is 11.8 Å². The number of likely N-dealkylation sites (tertiary alicyclic amines) is 1. The van der Waals surface area contributed by atoms with E-state index in [1.807, 2.05) is 0 Å². The van der Waals surface area contributed by atoms with Crippen molar-refractivity contribution in [2.45, 2.75) is 89.1 Å². The smallest absolute Gasteiger partial charge is 0.326 e. The lowest BCUT2D eigenvalue weighted by molar-refractivity contribution is -0.141. The molecule has 0 bridgehead atoms. The van der Waals surface area contributed by atoms with Crippen molar-refractivity contribution >= 4 is 59.1 Å². The van der Waals surface area contributed by atoms with E-state index in [4.69, 9.17) is 0 Å². The monoisotopic (exact) mass is 670 g/mol. The lowest BCUT2D eigenvalue weighted by atomic mass is 10.1. The highest BCUT2D eigenvalue weighted by atomic mass is 32.2. The number of carbonyl (C=O) groups excluding carboxylic acids is 7. The van der Waals surface area contributed by atoms with E-state index in [2.05, 4.69) is 37.2 Å². The van der Waals surface area contributed by atoms with Gasteiger partial charge in [0.15, 0.2) is 0 Å². The van der Waals surface area contributed by atoms with E-state index in [9.17, 15) is 43.5 Å². The Morgan fingerprint density at radius 3 is 2.00 bits per heavy atom. The number of carboxylic acids is 1. The first-order valence-corrected chi connectivity index (χ1v) is 16.6. The summed E-state index contributed by atoms with van der Waals surface area (Å²) >= 11 is 1.43. The fourth-order valence-corrected chi connectivity index (χ4v) is 5.35. The van der Waals surface area contributed by atoms with E-state index in [1.54, 1.807) is 11.2 Å². The number of nitrogens with zero attached hydrogens (tertiary/aromatic N) is 1. The van der Waals surface area contributed by atoms with Crippen molar-refractivity contribution in [3.8, 4) is 0 Å². The van der Waals surface area contributed by atoms with Gasteiger partial charge in [-0.25, -0.2) is 4.79 Å². The Bertz CT molecular complexity index is 1150. The Kier molecular flexibility index (Phi) is 15.7. The number of amides is 7. The van der Waals surface area contributed by atoms with Gasteiger partial charge in [-0.1, -0.05) is 0 Å². The van der Waals surface area contributed by atoms with Gasteiger partial charge in [-0.3, -0.25) is 33.6 Å². The van der Waals surface area contributed by atoms with Crippen LogP contribution in [-0.2, 0) is 38.4 Å². The number of rotatable bonds is 17. The van der Waals surface area contributed by atoms with Gasteiger partial charge in [0, 0.05) is 6.54 Å². The van der Waals surface area contributed by atoms with Crippen LogP contribution < -0.4 is 37.2 Å². The van der Waals surface area contributed by atoms with Crippen molar-refractivity contribution in [1.82, 2.24) is 42.1 Å². The lowest BCUT2D eigenvalue weighted by Gasteiger charge is -2.28. The molecule has 0 unspecified atom stereocenters. The highest BCUT2D eigenvalue weighted by molar-refractivity contribution is 7.98. The summed E-state index contributed by atoms with van der Waals surface area (Å²) in [5.41, 5.74) is 0. The third-order valence-corrected chi connectivity index (χ3v) is 8.21. The maximum absolute atomic E-state index is 12.9. The van der Waals surface area contributed by atoms with Crippen molar-refractivity contribution in [2.24, 2.45) is 0 Å². The van der Waals surface area contributed by atoms with Gasteiger partial charge >= 0.3 is 5.97 Å². The summed E-state index contributed by atoms with van der Waals surface area (Å²) in [5.74, 6) is -4.69. The average molecular weight is 671 g/mol. The van der Waals surface area contributed by atoms with Crippen LogP contribution in [0.3, 0.4) is 0 Å². The summed E-state index contributed by atoms with van der Waals surface area (Å²) in [6.45, 7) is 4.44. The second-order valence-electron chi connectivity index (χ2n) is 11.3. The van der Waals surface area contributed by atoms with Gasteiger partial charge < -0.3 is 47.2 Å². The van der Waals surface area contributed by atoms with E-state index in [0.717, 1.165) is 19.4 Å². The Balaban J connectivity index is 1.72. The molecule has 18 heteroatoms. The molecule has 7 amide bonds. The standard InChI is InChI=1S/C28H46N8O9S/c1-15(23(39)31-13-21(37)30-14-22(38)35-19(28(44)45)9-12-46-4)32-24(40)16(2)33-25(41)17(3)34-26(42)20-8-6-11-36(20)27(43)18-7-5-10-29-18/h15-20,29H,5-14H2,1-4H3,(H,30,37)(H,31,39)(H,32,40)(H,33,41)(H,34,42)(H,35,38)(H,44,45)/t15-,16-,17-,18-,19-,20-/m0/s1. The second-order valence-corrected chi connectivity index (χ2v) is 12.2. The minimum absolute atomic E-state index is 0.119. The first kappa shape index (κ1) is 38.3. The molecule has 2 aliphatic rings. The molecule has 17 nitrogen and oxygen atoms in total. The molecule has 2 rings (SSSR count). The van der Waals surface area contributed by atoms with Crippen LogP contribution in [0.5, 0.6) is 0 Å². The molecule has 0 aromatic rings. The maximum atomic E-state index is 12.9. The van der Waals surface area contributed by atoms with Crippen molar-refractivity contribution in [1.29, 1.82) is 0 Å². The number of nitrogens with one attached hydrogen (secondary N) is 7. The van der Waals surface area contributed by atoms with Gasteiger partial charge in [0.1, 0.15) is 30.2 Å². The Labute approximate surface area is 271 Å². The summed E-state index contributed by atoms with van der Waals surface area (Å²) < 4.78 is 0. The number of hydrogen-bond acceptors (Lipinski definition) is 10. The van der Waals surface area contributed by atoms with Crippen molar-refractivity contribution < 1.29 is 43.5 Å². The zero-order valence-corrected chi connectivity index (χ0v) is 27.4. The molecule has 0 aliphatic carbocycles. The molecule has 0 aromatic carbocycles. The van der Waals surface area contributed by atoms with Gasteiger partial charge in [0.25, 0.3) is 0 Å². The highest BCUT2D eigenvalue weighted by Gasteiger charge is 2.38. The van der Waals surface area contributed by atoms with Gasteiger partial charge in [0.2, 0.25) is 41.4 Å². The number of thioether (sulfide) groups is 1. The summed E-state index contributed by atoms with van der Waals surface area (Å²) in [5, 5.41) is 26.7. The molecule has 0 radical (unpaired) electrons. The van der Waals surface area contributed by atoms with Gasteiger partial charge in [0.05, 0.1) is 19.1 Å². The average Bonchev–Trinajstić information content (AvgIpc) is 3.73. The van der Waals surface area contributed by atoms with E-state index < -0.39 is 84.7 Å². The van der Waals surface area contributed by atoms with Crippen molar-refractivity contribution in [2.75, 3.05) is 38.2 Å². The second kappa shape index (κ2) is 18.9. The molecule has 2 heterocycles. The summed E-state index contributed by atoms with van der Waals surface area (Å²) in [7, 11) is 0. The number of hydrogen-bond donors (Lipinski definition) is 8. The largest absolute Gasteiger partial charge is 0.480 e. The van der Waals surface area contributed by atoms with Crippen LogP contribution in [0.4, 0.5) is 0 Å². The third kappa shape index (κ3) is 12.1. The van der Waals surface area contributed by atoms with Crippen molar-refractivity contribution in [3.63, 3.8) is 0 Å². The maximum Gasteiger partial charge on any atom is 0.326 e. The van der Waals surface area contributed by atoms with Crippen LogP contribution in [0, 0.1) is 0 Å². The molecule has 0 saturated carbocycles. The molecule has 2 aliphatic heterocycles. The first-order chi connectivity index (χ1) is 21.7. The molecule has 2 fully saturated rings. The molecule has 0 spiro atoms. The zero-order chi connectivity index (χ0) is 34.4. The predicted octanol–water partition coefficient (Wildman–Crippen LogP) is -3.20. The minimum Gasteiger partial charge on any atom is -0.480 e. The van der Waals surface area contributed by atoms with E-state index >= 15 is 0 Å². The Hall–Kier alpha value is -3.93. The molecule has 8 N–H and O–H groups in total. The molecular formula is C28H46N8O9S. The molecule has 6 atom stereocenters. The molecule has 258 valence electrons. The highest BCUT2D eigenvalue weighted by Crippen LogP contribution is 2.21. The summed E-state index contributed by atoms with van der Waals surface area (Å²) in [6.07, 6.45) is 4.79. The van der Waals surface area contributed by atoms with Crippen LogP contribution >= 0.6 is 11.8 Å². The van der Waals surface area contributed by atoms with E-state index in [1.165, 1.54) is 32.5 Å². The Morgan fingerprint density at radius 2 is 1.41 bits per heavy atom. The molecular weight excluding hydrogens is 624 g/mol. The van der Waals surface area contributed by atoms with Crippen LogP contribution in [0.15, 0.2) is 0 Å². The predicted molar refractivity (Wildman–Crippen MR) is 167 cm³/mol. The number of aliphatic carboxylic acids is 1. The normalized spacial score (nSPS) is 20.0.